The van der Waals surface area contributed by atoms with Gasteiger partial charge in [0, 0.05) is 36.6 Å². The average Bonchev–Trinajstić information content (AvgIpc) is 3.49. The monoisotopic (exact) mass is 636 g/mol. The molecule has 4 aromatic rings. The number of carbonyl (C=O) groups is 1. The summed E-state index contributed by atoms with van der Waals surface area (Å²) in [6.45, 7) is 5.05. The van der Waals surface area contributed by atoms with Gasteiger partial charge >= 0.3 is 0 Å². The van der Waals surface area contributed by atoms with Gasteiger partial charge in [-0.3, -0.25) is 19.8 Å². The first-order valence-corrected chi connectivity index (χ1v) is 14.4. The van der Waals surface area contributed by atoms with E-state index in [2.05, 4.69) is 29.1 Å². The van der Waals surface area contributed by atoms with Crippen LogP contribution in [0.25, 0.3) is 0 Å². The maximum Gasteiger partial charge on any atom is 0.293 e. The molecule has 0 bridgehead atoms. The lowest BCUT2D eigenvalue weighted by atomic mass is 9.92. The molecule has 44 heavy (non-hydrogen) atoms. The summed E-state index contributed by atoms with van der Waals surface area (Å²) in [6.07, 6.45) is 6.22. The number of carbonyl (C=O) groups excluding carboxylic acids is 1. The van der Waals surface area contributed by atoms with Gasteiger partial charge in [-0.05, 0) is 29.7 Å². The number of halogens is 2. The Bertz CT molecular complexity index is 1870. The number of hydrogen-bond acceptors (Lipinski definition) is 9. The summed E-state index contributed by atoms with van der Waals surface area (Å²) in [5, 5.41) is 10.7. The van der Waals surface area contributed by atoms with Crippen molar-refractivity contribution in [2.24, 2.45) is 10.4 Å². The van der Waals surface area contributed by atoms with Gasteiger partial charge in [0.2, 0.25) is 4.80 Å². The molecule has 0 fully saturated rings. The second-order valence-electron chi connectivity index (χ2n) is 10.6. The van der Waals surface area contributed by atoms with Crippen molar-refractivity contribution in [3.63, 3.8) is 0 Å². The number of benzene rings is 3. The number of nitrogen functional groups attached to an aromatic ring is 1. The van der Waals surface area contributed by atoms with Crippen LogP contribution in [-0.4, -0.2) is 32.9 Å². The first-order chi connectivity index (χ1) is 21.0. The standard InChI is InChI=1S/C18H17FN4O2S.C12H9ClN2O3/c1-4-5-22-13-7-12(11(19)6-14(13)25-9-16(22)24)20-17-23-10-18(2,3)8-15(23)21-26-17;13-11-10(18-8-4-2-1-3-5-8)7-6-9(12(11)14)15(16)17/h1,6-7H,5,8-10H2,2-3H3;1-7H,14H2/b20-17-;. The number of para-hydroxylation sites is 1. The number of anilines is 2. The van der Waals surface area contributed by atoms with Crippen molar-refractivity contribution < 1.29 is 23.6 Å². The number of aromatic nitrogens is 2. The smallest absolute Gasteiger partial charge is 0.293 e. The second-order valence-corrected chi connectivity index (χ2v) is 11.8. The number of rotatable bonds is 5. The van der Waals surface area contributed by atoms with Gasteiger partial charge in [-0.15, -0.1) is 6.42 Å². The van der Waals surface area contributed by atoms with Gasteiger partial charge in [0.05, 0.1) is 17.2 Å². The van der Waals surface area contributed by atoms with Crippen LogP contribution in [0.1, 0.15) is 19.7 Å². The van der Waals surface area contributed by atoms with Crippen molar-refractivity contribution in [2.75, 3.05) is 23.8 Å². The summed E-state index contributed by atoms with van der Waals surface area (Å²) < 4.78 is 31.8. The number of hydrogen-bond donors (Lipinski definition) is 1. The molecule has 0 radical (unpaired) electrons. The highest BCUT2D eigenvalue weighted by Gasteiger charge is 2.31. The van der Waals surface area contributed by atoms with Crippen LogP contribution in [0.5, 0.6) is 17.2 Å². The predicted molar refractivity (Wildman–Crippen MR) is 165 cm³/mol. The molecule has 0 unspecified atom stereocenters. The van der Waals surface area contributed by atoms with Crippen LogP contribution in [0, 0.1) is 33.7 Å². The van der Waals surface area contributed by atoms with E-state index in [0.29, 0.717) is 22.0 Å². The summed E-state index contributed by atoms with van der Waals surface area (Å²) in [4.78, 5) is 28.6. The highest BCUT2D eigenvalue weighted by molar-refractivity contribution is 7.02. The van der Waals surface area contributed by atoms with Crippen molar-refractivity contribution in [1.82, 2.24) is 8.94 Å². The van der Waals surface area contributed by atoms with Crippen LogP contribution in [0.4, 0.5) is 27.1 Å². The Morgan fingerprint density at radius 2 is 2.05 bits per heavy atom. The quantitative estimate of drug-likeness (QED) is 0.125. The number of nitro groups is 1. The molecule has 2 aliphatic heterocycles. The van der Waals surface area contributed by atoms with Crippen molar-refractivity contribution >= 4 is 51.8 Å². The molecule has 0 atom stereocenters. The van der Waals surface area contributed by atoms with Gasteiger partial charge in [0.25, 0.3) is 11.6 Å². The number of nitro benzene ring substituents is 1. The van der Waals surface area contributed by atoms with E-state index in [1.165, 1.54) is 40.7 Å². The maximum atomic E-state index is 14.5. The third-order valence-corrected chi connectivity index (χ3v) is 7.89. The summed E-state index contributed by atoms with van der Waals surface area (Å²) in [7, 11) is 0. The molecule has 11 nitrogen and oxygen atoms in total. The third kappa shape index (κ3) is 6.36. The maximum absolute atomic E-state index is 14.5. The van der Waals surface area contributed by atoms with Gasteiger partial charge in [-0.25, -0.2) is 9.38 Å². The van der Waals surface area contributed by atoms with E-state index in [9.17, 15) is 19.3 Å². The number of amides is 1. The highest BCUT2D eigenvalue weighted by atomic mass is 35.5. The topological polar surface area (TPSA) is 138 Å². The summed E-state index contributed by atoms with van der Waals surface area (Å²) in [5.74, 6) is 3.78. The molecule has 0 aliphatic carbocycles. The Balaban J connectivity index is 0.000000187. The zero-order valence-electron chi connectivity index (χ0n) is 23.6. The lowest BCUT2D eigenvalue weighted by Gasteiger charge is -2.28. The number of terminal acetylenes is 1. The van der Waals surface area contributed by atoms with Crippen LogP contribution >= 0.6 is 23.1 Å². The van der Waals surface area contributed by atoms with Crippen LogP contribution in [0.15, 0.2) is 59.6 Å². The zero-order chi connectivity index (χ0) is 31.6. The van der Waals surface area contributed by atoms with E-state index in [4.69, 9.17) is 33.2 Å². The fraction of sp³-hybridized carbons (Fsp3) is 0.233. The third-order valence-electron chi connectivity index (χ3n) is 6.72. The van der Waals surface area contributed by atoms with Crippen LogP contribution < -0.4 is 24.9 Å². The molecule has 1 amide bonds. The number of nitrogens with two attached hydrogens (primary N) is 1. The summed E-state index contributed by atoms with van der Waals surface area (Å²) in [5.41, 5.74) is 5.92. The minimum atomic E-state index is -0.590. The Morgan fingerprint density at radius 1 is 1.30 bits per heavy atom. The molecular formula is C30H26ClFN6O5S. The Labute approximate surface area is 260 Å². The molecule has 0 spiro atoms. The number of fused-ring (bicyclic) bond motifs is 2. The molecule has 3 aromatic carbocycles. The van der Waals surface area contributed by atoms with E-state index in [-0.39, 0.29) is 52.3 Å². The molecule has 6 rings (SSSR count). The van der Waals surface area contributed by atoms with E-state index in [1.807, 2.05) is 10.6 Å². The molecule has 0 saturated carbocycles. The van der Waals surface area contributed by atoms with Crippen LogP contribution in [0.2, 0.25) is 5.02 Å². The molecule has 0 saturated heterocycles. The average molecular weight is 637 g/mol. The van der Waals surface area contributed by atoms with Gasteiger partial charge in [0.1, 0.15) is 39.5 Å². The first-order valence-electron chi connectivity index (χ1n) is 13.2. The van der Waals surface area contributed by atoms with Crippen LogP contribution in [-0.2, 0) is 17.8 Å². The Hall–Kier alpha value is -4.93. The number of ether oxygens (including phenoxy) is 2. The molecule has 2 N–H and O–H groups in total. The first kappa shape index (κ1) is 30.5. The molecular weight excluding hydrogens is 611 g/mol. The summed E-state index contributed by atoms with van der Waals surface area (Å²) in [6, 6.07) is 14.4. The molecule has 3 heterocycles. The zero-order valence-corrected chi connectivity index (χ0v) is 25.2. The SMILES string of the molecule is C#CCN1C(=O)COc2cc(F)c(/N=c3\snc4n3CC(C)(C)C4)cc21.Nc1c([N+](=O)[O-])ccc(Oc2ccccc2)c1Cl. The normalized spacial score (nSPS) is 14.9. The van der Waals surface area contributed by atoms with Gasteiger partial charge in [-0.2, -0.15) is 4.37 Å². The fourth-order valence-corrected chi connectivity index (χ4v) is 5.62. The van der Waals surface area contributed by atoms with E-state index >= 15 is 0 Å². The van der Waals surface area contributed by atoms with Crippen molar-refractivity contribution in [3.8, 4) is 29.6 Å². The Kier molecular flexibility index (Phi) is 8.57. The second kappa shape index (κ2) is 12.4. The minimum absolute atomic E-state index is 0.0352. The molecule has 14 heteroatoms. The van der Waals surface area contributed by atoms with E-state index in [0.717, 1.165) is 18.8 Å². The van der Waals surface area contributed by atoms with Crippen molar-refractivity contribution in [3.05, 3.63) is 86.2 Å². The van der Waals surface area contributed by atoms with E-state index in [1.54, 1.807) is 24.3 Å². The number of nitrogens with zero attached hydrogens (tertiary/aromatic N) is 5. The van der Waals surface area contributed by atoms with Gasteiger partial charge in [0.15, 0.2) is 12.4 Å². The van der Waals surface area contributed by atoms with E-state index < -0.39 is 10.7 Å². The van der Waals surface area contributed by atoms with Crippen molar-refractivity contribution in [1.29, 1.82) is 0 Å². The highest BCUT2D eigenvalue weighted by Crippen LogP contribution is 2.39. The minimum Gasteiger partial charge on any atom is -0.481 e. The lowest BCUT2D eigenvalue weighted by molar-refractivity contribution is -0.383. The van der Waals surface area contributed by atoms with Gasteiger partial charge < -0.3 is 19.8 Å². The van der Waals surface area contributed by atoms with Crippen LogP contribution in [0.3, 0.4) is 0 Å². The summed E-state index contributed by atoms with van der Waals surface area (Å²) >= 11 is 7.18. The lowest BCUT2D eigenvalue weighted by Crippen LogP contribution is -2.39. The van der Waals surface area contributed by atoms with Crippen molar-refractivity contribution in [2.45, 2.75) is 26.8 Å². The molecule has 226 valence electrons. The fourth-order valence-electron chi connectivity index (χ4n) is 4.66. The molecule has 1 aromatic heterocycles. The largest absolute Gasteiger partial charge is 0.481 e. The Morgan fingerprint density at radius 3 is 2.75 bits per heavy atom. The predicted octanol–water partition coefficient (Wildman–Crippen LogP) is 5.88. The van der Waals surface area contributed by atoms with Gasteiger partial charge in [-0.1, -0.05) is 49.6 Å². The molecule has 2 aliphatic rings.